The molecule has 4 amide bonds. The van der Waals surface area contributed by atoms with Crippen molar-refractivity contribution in [2.75, 3.05) is 13.1 Å². The summed E-state index contributed by atoms with van der Waals surface area (Å²) in [6, 6.07) is -4.77. The molecule has 0 radical (unpaired) electrons. The van der Waals surface area contributed by atoms with Gasteiger partial charge in [-0.1, -0.05) is 20.3 Å². The van der Waals surface area contributed by atoms with Crippen molar-refractivity contribution in [3.8, 4) is 0 Å². The molecule has 1 heterocycles. The molecule has 0 spiro atoms. The van der Waals surface area contributed by atoms with E-state index in [1.165, 1.54) is 12.5 Å². The van der Waals surface area contributed by atoms with Crippen LogP contribution in [0.1, 0.15) is 51.6 Å². The van der Waals surface area contributed by atoms with Crippen molar-refractivity contribution in [1.82, 2.24) is 31.2 Å². The van der Waals surface area contributed by atoms with E-state index in [0.717, 1.165) is 0 Å². The lowest BCUT2D eigenvalue weighted by Gasteiger charge is -2.27. The Bertz CT molecular complexity index is 1120. The fourth-order valence-corrected chi connectivity index (χ4v) is 3.76. The molecule has 5 atom stereocenters. The third-order valence-electron chi connectivity index (χ3n) is 6.41. The summed E-state index contributed by atoms with van der Waals surface area (Å²) in [6.07, 6.45) is 2.96. The van der Waals surface area contributed by atoms with Gasteiger partial charge in [0.1, 0.15) is 18.1 Å². The SMILES string of the molecule is CC[C@H](C)[C@H](NC(=O)[C@@H](N)CCCN=C(N)N)C(=O)N[C@@H](CCC(=O)O)C(=O)NCC(=O)N[C@@H](Cc1cnc[nH]1)C(=O)O. The predicted molar refractivity (Wildman–Crippen MR) is 153 cm³/mol. The molecule has 1 aromatic heterocycles. The molecular weight excluding hydrogens is 568 g/mol. The van der Waals surface area contributed by atoms with E-state index in [1.54, 1.807) is 13.8 Å². The van der Waals surface area contributed by atoms with Crippen LogP contribution in [-0.2, 0) is 35.2 Å². The van der Waals surface area contributed by atoms with Gasteiger partial charge in [0.25, 0.3) is 0 Å². The van der Waals surface area contributed by atoms with E-state index in [1.807, 2.05) is 0 Å². The van der Waals surface area contributed by atoms with E-state index in [4.69, 9.17) is 22.3 Å². The number of amides is 4. The van der Waals surface area contributed by atoms with Crippen LogP contribution in [0.5, 0.6) is 0 Å². The van der Waals surface area contributed by atoms with Crippen LogP contribution in [0.15, 0.2) is 17.5 Å². The van der Waals surface area contributed by atoms with Crippen molar-refractivity contribution in [2.45, 2.75) is 76.5 Å². The summed E-state index contributed by atoms with van der Waals surface area (Å²) in [4.78, 5) is 84.2. The van der Waals surface area contributed by atoms with Crippen molar-refractivity contribution < 1.29 is 39.0 Å². The zero-order chi connectivity index (χ0) is 32.5. The summed E-state index contributed by atoms with van der Waals surface area (Å²) in [5, 5.41) is 28.1. The molecule has 0 bridgehead atoms. The summed E-state index contributed by atoms with van der Waals surface area (Å²) in [5.74, 6) is -6.11. The molecule has 0 aliphatic heterocycles. The normalized spacial score (nSPS) is 14.2. The number of hydrogen-bond donors (Lipinski definition) is 10. The van der Waals surface area contributed by atoms with Crippen LogP contribution in [0.3, 0.4) is 0 Å². The second-order valence-electron chi connectivity index (χ2n) is 9.88. The van der Waals surface area contributed by atoms with Crippen LogP contribution in [0.4, 0.5) is 0 Å². The zero-order valence-corrected chi connectivity index (χ0v) is 24.2. The van der Waals surface area contributed by atoms with Gasteiger partial charge in [0.05, 0.1) is 18.9 Å². The number of rotatable bonds is 20. The van der Waals surface area contributed by atoms with Crippen molar-refractivity contribution in [3.05, 3.63) is 18.2 Å². The summed E-state index contributed by atoms with van der Waals surface area (Å²) in [5.41, 5.74) is 16.9. The maximum atomic E-state index is 13.2. The monoisotopic (exact) mass is 610 g/mol. The molecule has 18 nitrogen and oxygen atoms in total. The summed E-state index contributed by atoms with van der Waals surface area (Å²) in [6.45, 7) is 3.10. The number of carbonyl (C=O) groups is 6. The standard InChI is InChI=1S/C25H42N10O8/c1-3-13(2)20(35-21(39)15(26)5-4-8-30-25(27)28)23(41)34-16(6-7-19(37)38)22(40)31-11-18(36)33-17(24(42)43)9-14-10-29-12-32-14/h10,12-13,15-17,20H,3-9,11,26H2,1-2H3,(H,29,32)(H,31,40)(H,33,36)(H,34,41)(H,35,39)(H,37,38)(H,42,43)(H4,27,28,30)/t13-,15-,16-,17-,20-/m0/s1. The molecule has 0 unspecified atom stereocenters. The van der Waals surface area contributed by atoms with Crippen LogP contribution in [0, 0.1) is 5.92 Å². The van der Waals surface area contributed by atoms with Crippen molar-refractivity contribution in [1.29, 1.82) is 0 Å². The van der Waals surface area contributed by atoms with Crippen LogP contribution in [-0.4, -0.2) is 99.0 Å². The summed E-state index contributed by atoms with van der Waals surface area (Å²) < 4.78 is 0. The largest absolute Gasteiger partial charge is 0.481 e. The highest BCUT2D eigenvalue weighted by Gasteiger charge is 2.31. The van der Waals surface area contributed by atoms with Crippen molar-refractivity contribution in [2.24, 2.45) is 28.1 Å². The average Bonchev–Trinajstić information content (AvgIpc) is 3.46. The molecule has 43 heavy (non-hydrogen) atoms. The second kappa shape index (κ2) is 18.6. The van der Waals surface area contributed by atoms with Gasteiger partial charge in [-0.2, -0.15) is 0 Å². The number of nitrogens with two attached hydrogens (primary N) is 3. The van der Waals surface area contributed by atoms with Gasteiger partial charge >= 0.3 is 11.9 Å². The number of aliphatic imine (C=N–C) groups is 1. The third kappa shape index (κ3) is 14.1. The maximum Gasteiger partial charge on any atom is 0.326 e. The van der Waals surface area contributed by atoms with Crippen LogP contribution in [0.2, 0.25) is 0 Å². The Hall–Kier alpha value is -4.74. The first-order valence-electron chi connectivity index (χ1n) is 13.7. The van der Waals surface area contributed by atoms with Gasteiger partial charge in [-0.3, -0.25) is 29.0 Å². The molecule has 240 valence electrons. The number of imidazole rings is 1. The lowest BCUT2D eigenvalue weighted by atomic mass is 9.97. The van der Waals surface area contributed by atoms with Crippen molar-refractivity contribution in [3.63, 3.8) is 0 Å². The van der Waals surface area contributed by atoms with Gasteiger partial charge in [-0.25, -0.2) is 9.78 Å². The van der Waals surface area contributed by atoms with E-state index in [2.05, 4.69) is 36.2 Å². The molecule has 0 saturated heterocycles. The molecule has 0 aliphatic carbocycles. The highest BCUT2D eigenvalue weighted by Crippen LogP contribution is 2.10. The smallest absolute Gasteiger partial charge is 0.326 e. The number of aliphatic carboxylic acids is 2. The van der Waals surface area contributed by atoms with Gasteiger partial charge in [0.15, 0.2) is 5.96 Å². The molecular formula is C25H42N10O8. The summed E-state index contributed by atoms with van der Waals surface area (Å²) in [7, 11) is 0. The Morgan fingerprint density at radius 1 is 1.00 bits per heavy atom. The van der Waals surface area contributed by atoms with Crippen LogP contribution >= 0.6 is 0 Å². The number of carboxylic acids is 2. The highest BCUT2D eigenvalue weighted by atomic mass is 16.4. The Balaban J connectivity index is 2.86. The van der Waals surface area contributed by atoms with E-state index in [-0.39, 0.29) is 31.8 Å². The Labute approximate surface area is 248 Å². The van der Waals surface area contributed by atoms with E-state index < -0.39 is 78.6 Å². The number of nitrogens with zero attached hydrogens (tertiary/aromatic N) is 2. The minimum absolute atomic E-state index is 0.0883. The maximum absolute atomic E-state index is 13.2. The second-order valence-corrected chi connectivity index (χ2v) is 9.88. The topological polar surface area (TPSA) is 310 Å². The average molecular weight is 611 g/mol. The first-order valence-corrected chi connectivity index (χ1v) is 13.7. The van der Waals surface area contributed by atoms with Gasteiger partial charge in [0.2, 0.25) is 23.6 Å². The highest BCUT2D eigenvalue weighted by molar-refractivity contribution is 5.94. The molecule has 13 N–H and O–H groups in total. The number of H-pyrrole nitrogens is 1. The number of aromatic amines is 1. The molecule has 1 aromatic rings. The molecule has 0 fully saturated rings. The van der Waals surface area contributed by atoms with E-state index in [0.29, 0.717) is 18.5 Å². The number of carbonyl (C=O) groups excluding carboxylic acids is 4. The number of guanidine groups is 1. The van der Waals surface area contributed by atoms with Gasteiger partial charge in [0, 0.05) is 31.3 Å². The number of nitrogens with one attached hydrogen (secondary N) is 5. The third-order valence-corrected chi connectivity index (χ3v) is 6.41. The Kier molecular flexibility index (Phi) is 15.7. The lowest BCUT2D eigenvalue weighted by Crippen LogP contribution is -2.58. The van der Waals surface area contributed by atoms with Gasteiger partial charge < -0.3 is 53.7 Å². The van der Waals surface area contributed by atoms with Crippen molar-refractivity contribution >= 4 is 41.5 Å². The van der Waals surface area contributed by atoms with Crippen LogP contribution < -0.4 is 38.5 Å². The van der Waals surface area contributed by atoms with Crippen LogP contribution in [0.25, 0.3) is 0 Å². The summed E-state index contributed by atoms with van der Waals surface area (Å²) >= 11 is 0. The minimum atomic E-state index is -1.38. The van der Waals surface area contributed by atoms with Gasteiger partial charge in [-0.05, 0) is 25.2 Å². The number of aromatic nitrogens is 2. The molecule has 0 saturated carbocycles. The fourth-order valence-electron chi connectivity index (χ4n) is 3.76. The zero-order valence-electron chi connectivity index (χ0n) is 24.2. The van der Waals surface area contributed by atoms with E-state index >= 15 is 0 Å². The number of carboxylic acid groups (broad SMARTS) is 2. The predicted octanol–water partition coefficient (Wildman–Crippen LogP) is -3.10. The fraction of sp³-hybridized carbons (Fsp3) is 0.600. The molecule has 18 heteroatoms. The first-order chi connectivity index (χ1) is 20.2. The minimum Gasteiger partial charge on any atom is -0.481 e. The quantitative estimate of drug-likeness (QED) is 0.0399. The molecule has 1 rings (SSSR count). The molecule has 0 aromatic carbocycles. The number of hydrogen-bond acceptors (Lipinski definition) is 9. The lowest BCUT2D eigenvalue weighted by molar-refractivity contribution is -0.141. The van der Waals surface area contributed by atoms with Gasteiger partial charge in [-0.15, -0.1) is 0 Å². The Morgan fingerprint density at radius 2 is 1.70 bits per heavy atom. The first kappa shape index (κ1) is 36.3. The van der Waals surface area contributed by atoms with E-state index in [9.17, 15) is 33.9 Å². The Morgan fingerprint density at radius 3 is 2.26 bits per heavy atom. The molecule has 0 aliphatic rings.